The Bertz CT molecular complexity index is 1430. The Morgan fingerprint density at radius 2 is 1.79 bits per heavy atom. The lowest BCUT2D eigenvalue weighted by Gasteiger charge is -2.35. The molecule has 3 aromatic rings. The third kappa shape index (κ3) is 6.40. The fraction of sp³-hybridized carbons (Fsp3) is 0.310. The summed E-state index contributed by atoms with van der Waals surface area (Å²) < 4.78 is 39.4. The number of hydrogen-bond donors (Lipinski definition) is 1. The molecule has 0 saturated heterocycles. The van der Waals surface area contributed by atoms with E-state index in [9.17, 15) is 18.0 Å². The number of anilines is 1. The molecule has 0 fully saturated rings. The second-order valence-electron chi connectivity index (χ2n) is 9.19. The maximum absolute atomic E-state index is 13.6. The minimum absolute atomic E-state index is 0.00213. The summed E-state index contributed by atoms with van der Waals surface area (Å²) in [6.07, 6.45) is -0.284. The first kappa shape index (κ1) is 28.1. The molecule has 0 spiro atoms. The highest BCUT2D eigenvalue weighted by atomic mass is 32.2. The number of para-hydroxylation sites is 2. The minimum Gasteiger partial charge on any atom is -0.495 e. The Morgan fingerprint density at radius 3 is 2.51 bits per heavy atom. The van der Waals surface area contributed by atoms with Crippen LogP contribution in [0.2, 0.25) is 0 Å². The largest absolute Gasteiger partial charge is 0.495 e. The van der Waals surface area contributed by atoms with Gasteiger partial charge in [-0.05, 0) is 48.7 Å². The van der Waals surface area contributed by atoms with E-state index in [0.29, 0.717) is 24.4 Å². The quantitative estimate of drug-likeness (QED) is 0.415. The number of nitrogens with one attached hydrogen (secondary N) is 1. The van der Waals surface area contributed by atoms with E-state index >= 15 is 0 Å². The monoisotopic (exact) mass is 551 g/mol. The van der Waals surface area contributed by atoms with Gasteiger partial charge in [-0.1, -0.05) is 55.5 Å². The van der Waals surface area contributed by atoms with E-state index in [2.05, 4.69) is 5.32 Å². The van der Waals surface area contributed by atoms with Crippen molar-refractivity contribution in [2.24, 2.45) is 0 Å². The van der Waals surface area contributed by atoms with Crippen molar-refractivity contribution >= 4 is 27.5 Å². The van der Waals surface area contributed by atoms with E-state index in [1.807, 2.05) is 30.3 Å². The summed E-state index contributed by atoms with van der Waals surface area (Å²) in [4.78, 5) is 28.0. The van der Waals surface area contributed by atoms with Crippen molar-refractivity contribution in [3.63, 3.8) is 0 Å². The Kier molecular flexibility index (Phi) is 8.88. The molecule has 0 aromatic heterocycles. The fourth-order valence-electron chi connectivity index (χ4n) is 4.42. The molecule has 4 rings (SSSR count). The minimum atomic E-state index is -4.05. The maximum atomic E-state index is 13.6. The summed E-state index contributed by atoms with van der Waals surface area (Å²) in [6, 6.07) is 21.6. The number of aryl methyl sites for hydroxylation is 1. The highest BCUT2D eigenvalue weighted by Crippen LogP contribution is 2.34. The molecule has 0 radical (unpaired) electrons. The zero-order valence-electron chi connectivity index (χ0n) is 22.3. The highest BCUT2D eigenvalue weighted by Gasteiger charge is 2.36. The molecule has 39 heavy (non-hydrogen) atoms. The predicted octanol–water partition coefficient (Wildman–Crippen LogP) is 3.17. The SMILES string of the molecule is CCN(CC(=O)N1C[C@H](C(=O)NCCc2ccccc2)Oc2ccccc21)S(=O)(=O)c1cc(C)ccc1OC. The first-order chi connectivity index (χ1) is 18.7. The Hall–Kier alpha value is -3.89. The van der Waals surface area contributed by atoms with Crippen LogP contribution in [-0.4, -0.2) is 63.9 Å². The molecule has 0 saturated carbocycles. The first-order valence-electron chi connectivity index (χ1n) is 12.8. The molecule has 10 heteroatoms. The molecular formula is C29H33N3O6S. The summed E-state index contributed by atoms with van der Waals surface area (Å²) >= 11 is 0. The number of nitrogens with zero attached hydrogens (tertiary/aromatic N) is 2. The van der Waals surface area contributed by atoms with Crippen molar-refractivity contribution in [2.45, 2.75) is 31.3 Å². The molecule has 1 N–H and O–H groups in total. The molecule has 1 aliphatic heterocycles. The average Bonchev–Trinajstić information content (AvgIpc) is 2.95. The van der Waals surface area contributed by atoms with Crippen molar-refractivity contribution in [1.29, 1.82) is 0 Å². The van der Waals surface area contributed by atoms with E-state index in [0.717, 1.165) is 15.4 Å². The van der Waals surface area contributed by atoms with Gasteiger partial charge in [-0.15, -0.1) is 0 Å². The summed E-state index contributed by atoms with van der Waals surface area (Å²) in [6.45, 7) is 3.49. The predicted molar refractivity (Wildman–Crippen MR) is 149 cm³/mol. The number of fused-ring (bicyclic) bond motifs is 1. The van der Waals surface area contributed by atoms with Crippen LogP contribution in [0.15, 0.2) is 77.7 Å². The van der Waals surface area contributed by atoms with Gasteiger partial charge in [0.1, 0.15) is 16.4 Å². The number of carbonyl (C=O) groups is 2. The van der Waals surface area contributed by atoms with Gasteiger partial charge in [0.25, 0.3) is 5.91 Å². The molecule has 0 unspecified atom stereocenters. The number of methoxy groups -OCH3 is 1. The Morgan fingerprint density at radius 1 is 1.08 bits per heavy atom. The van der Waals surface area contributed by atoms with Crippen molar-refractivity contribution in [3.05, 3.63) is 83.9 Å². The number of benzene rings is 3. The summed E-state index contributed by atoms with van der Waals surface area (Å²) in [5.41, 5.74) is 2.33. The van der Waals surface area contributed by atoms with Crippen LogP contribution in [0.3, 0.4) is 0 Å². The van der Waals surface area contributed by atoms with Crippen molar-refractivity contribution in [2.75, 3.05) is 38.2 Å². The molecule has 1 heterocycles. The molecule has 206 valence electrons. The zero-order valence-corrected chi connectivity index (χ0v) is 23.1. The van der Waals surface area contributed by atoms with Gasteiger partial charge in [-0.25, -0.2) is 8.42 Å². The smallest absolute Gasteiger partial charge is 0.262 e. The van der Waals surface area contributed by atoms with E-state index < -0.39 is 28.6 Å². The Balaban J connectivity index is 1.51. The van der Waals surface area contributed by atoms with Crippen molar-refractivity contribution in [1.82, 2.24) is 9.62 Å². The van der Waals surface area contributed by atoms with Crippen LogP contribution in [0.25, 0.3) is 0 Å². The number of carbonyl (C=O) groups excluding carboxylic acids is 2. The topological polar surface area (TPSA) is 105 Å². The van der Waals surface area contributed by atoms with Crippen molar-refractivity contribution < 1.29 is 27.5 Å². The molecule has 3 aromatic carbocycles. The average molecular weight is 552 g/mol. The summed E-state index contributed by atoms with van der Waals surface area (Å²) in [5, 5.41) is 2.88. The number of sulfonamides is 1. The molecule has 2 amide bonds. The first-order valence-corrected chi connectivity index (χ1v) is 14.2. The van der Waals surface area contributed by atoms with Crippen LogP contribution in [0, 0.1) is 6.92 Å². The van der Waals surface area contributed by atoms with Gasteiger partial charge in [0.15, 0.2) is 6.10 Å². The number of ether oxygens (including phenoxy) is 2. The van der Waals surface area contributed by atoms with E-state index in [4.69, 9.17) is 9.47 Å². The molecule has 9 nitrogen and oxygen atoms in total. The Labute approximate surface area is 229 Å². The maximum Gasteiger partial charge on any atom is 0.262 e. The lowest BCUT2D eigenvalue weighted by Crippen LogP contribution is -2.53. The van der Waals surface area contributed by atoms with E-state index in [-0.39, 0.29) is 29.6 Å². The molecule has 1 aliphatic rings. The lowest BCUT2D eigenvalue weighted by molar-refractivity contribution is -0.128. The fourth-order valence-corrected chi connectivity index (χ4v) is 6.06. The summed E-state index contributed by atoms with van der Waals surface area (Å²) in [7, 11) is -2.64. The number of amides is 2. The molecule has 0 aliphatic carbocycles. The van der Waals surface area contributed by atoms with Gasteiger partial charge in [-0.3, -0.25) is 9.59 Å². The van der Waals surface area contributed by atoms with Gasteiger partial charge in [-0.2, -0.15) is 4.31 Å². The number of rotatable bonds is 10. The van der Waals surface area contributed by atoms with Crippen LogP contribution in [0.4, 0.5) is 5.69 Å². The number of likely N-dealkylation sites (N-methyl/N-ethyl adjacent to an activating group) is 1. The van der Waals surface area contributed by atoms with Gasteiger partial charge >= 0.3 is 0 Å². The standard InChI is InChI=1S/C29H33N3O6S/c1-4-31(39(35,36)27-18-21(2)14-15-25(27)37-3)20-28(33)32-19-26(38-24-13-9-8-12-23(24)32)29(34)30-17-16-22-10-6-5-7-11-22/h5-15,18,26H,4,16-17,19-20H2,1-3H3,(H,30,34)/t26-/m1/s1. The van der Waals surface area contributed by atoms with Crippen molar-refractivity contribution in [3.8, 4) is 11.5 Å². The molecule has 0 bridgehead atoms. The molecular weight excluding hydrogens is 518 g/mol. The third-order valence-corrected chi connectivity index (χ3v) is 8.47. The van der Waals surface area contributed by atoms with Crippen LogP contribution < -0.4 is 19.7 Å². The van der Waals surface area contributed by atoms with Crippen LogP contribution in [-0.2, 0) is 26.0 Å². The number of hydrogen-bond acceptors (Lipinski definition) is 6. The second kappa shape index (κ2) is 12.3. The van der Waals surface area contributed by atoms with E-state index in [1.165, 1.54) is 18.1 Å². The molecule has 1 atom stereocenters. The lowest BCUT2D eigenvalue weighted by atomic mass is 10.1. The van der Waals surface area contributed by atoms with E-state index in [1.54, 1.807) is 50.2 Å². The van der Waals surface area contributed by atoms with Gasteiger partial charge in [0, 0.05) is 13.1 Å². The van der Waals surface area contributed by atoms with Gasteiger partial charge in [0.05, 0.1) is 25.9 Å². The van der Waals surface area contributed by atoms with Crippen LogP contribution in [0.1, 0.15) is 18.1 Å². The summed E-state index contributed by atoms with van der Waals surface area (Å²) in [5.74, 6) is -0.227. The second-order valence-corrected chi connectivity index (χ2v) is 11.1. The van der Waals surface area contributed by atoms with Crippen LogP contribution in [0.5, 0.6) is 11.5 Å². The van der Waals surface area contributed by atoms with Gasteiger partial charge in [0.2, 0.25) is 15.9 Å². The highest BCUT2D eigenvalue weighted by molar-refractivity contribution is 7.89. The third-order valence-electron chi connectivity index (χ3n) is 6.52. The normalized spacial score (nSPS) is 14.9. The van der Waals surface area contributed by atoms with Gasteiger partial charge < -0.3 is 19.7 Å². The van der Waals surface area contributed by atoms with Crippen LogP contribution >= 0.6 is 0 Å². The zero-order chi connectivity index (χ0) is 28.0.